The summed E-state index contributed by atoms with van der Waals surface area (Å²) in [5, 5.41) is 9.93. The summed E-state index contributed by atoms with van der Waals surface area (Å²) in [4.78, 5) is 26.0. The normalized spacial score (nSPS) is 22.5. The maximum absolute atomic E-state index is 14.4. The minimum Gasteiger partial charge on any atom is -0.451 e. The first-order valence-electron chi connectivity index (χ1n) is 9.35. The summed E-state index contributed by atoms with van der Waals surface area (Å²) in [7, 11) is 1.11. The molecule has 28 heavy (non-hydrogen) atoms. The van der Waals surface area contributed by atoms with Crippen LogP contribution in [0.15, 0.2) is 30.3 Å². The van der Waals surface area contributed by atoms with Crippen molar-refractivity contribution in [3.8, 4) is 0 Å². The van der Waals surface area contributed by atoms with Crippen molar-refractivity contribution in [2.24, 2.45) is 0 Å². The molecule has 156 valence electrons. The maximum Gasteiger partial charge on any atom is 0.438 e. The number of aliphatic hydroxyl groups is 1. The molecule has 1 saturated heterocycles. The van der Waals surface area contributed by atoms with Crippen molar-refractivity contribution in [1.29, 1.82) is 0 Å². The lowest BCUT2D eigenvalue weighted by atomic mass is 9.88. The lowest BCUT2D eigenvalue weighted by Crippen LogP contribution is -2.59. The van der Waals surface area contributed by atoms with Crippen molar-refractivity contribution >= 4 is 12.2 Å². The Morgan fingerprint density at radius 2 is 1.82 bits per heavy atom. The Morgan fingerprint density at radius 3 is 2.36 bits per heavy atom. The second-order valence-corrected chi connectivity index (χ2v) is 7.97. The highest BCUT2D eigenvalue weighted by Crippen LogP contribution is 2.31. The van der Waals surface area contributed by atoms with Gasteiger partial charge in [-0.2, -0.15) is 0 Å². The van der Waals surface area contributed by atoms with Gasteiger partial charge in [-0.25, -0.2) is 9.59 Å². The number of nitrogens with zero attached hydrogens (tertiary/aromatic N) is 2. The van der Waals surface area contributed by atoms with Crippen molar-refractivity contribution in [2.75, 3.05) is 13.7 Å². The summed E-state index contributed by atoms with van der Waals surface area (Å²) in [6, 6.07) is 7.55. The first-order chi connectivity index (χ1) is 13.2. The first kappa shape index (κ1) is 21.9. The Labute approximate surface area is 164 Å². The number of ether oxygens (including phenoxy) is 2. The maximum atomic E-state index is 14.4. The van der Waals surface area contributed by atoms with Gasteiger partial charge in [-0.15, -0.1) is 5.12 Å². The lowest BCUT2D eigenvalue weighted by Gasteiger charge is -2.45. The average molecular weight is 396 g/mol. The predicted octanol–water partition coefficient (Wildman–Crippen LogP) is 3.31. The van der Waals surface area contributed by atoms with E-state index in [9.17, 15) is 19.2 Å². The minimum absolute atomic E-state index is 0.0487. The second kappa shape index (κ2) is 9.23. The molecule has 1 heterocycles. The van der Waals surface area contributed by atoms with Crippen molar-refractivity contribution < 1.29 is 28.7 Å². The van der Waals surface area contributed by atoms with Crippen LogP contribution in [0.1, 0.15) is 39.2 Å². The van der Waals surface area contributed by atoms with E-state index in [1.54, 1.807) is 20.8 Å². The van der Waals surface area contributed by atoms with Gasteiger partial charge >= 0.3 is 12.2 Å². The van der Waals surface area contributed by atoms with Crippen LogP contribution in [0.25, 0.3) is 0 Å². The number of methoxy groups -OCH3 is 1. The van der Waals surface area contributed by atoms with Crippen molar-refractivity contribution in [1.82, 2.24) is 10.0 Å². The fraction of sp³-hybridized carbons (Fsp3) is 0.600. The van der Waals surface area contributed by atoms with Gasteiger partial charge in [0.2, 0.25) is 0 Å². The quantitative estimate of drug-likeness (QED) is 0.790. The molecule has 0 radical (unpaired) electrons. The van der Waals surface area contributed by atoms with Crippen LogP contribution in [0.5, 0.6) is 0 Å². The molecule has 1 aliphatic heterocycles. The molecule has 1 aliphatic rings. The second-order valence-electron chi connectivity index (χ2n) is 7.97. The molecule has 0 aromatic heterocycles. The minimum atomic E-state index is -1.09. The summed E-state index contributed by atoms with van der Waals surface area (Å²) in [6.07, 6.45) is -0.911. The fourth-order valence-electron chi connectivity index (χ4n) is 3.51. The van der Waals surface area contributed by atoms with Gasteiger partial charge in [0.15, 0.2) is 0 Å². The summed E-state index contributed by atoms with van der Waals surface area (Å²) >= 11 is 0. The molecule has 1 N–H and O–H groups in total. The van der Waals surface area contributed by atoms with Crippen LogP contribution in [0.3, 0.4) is 0 Å². The van der Waals surface area contributed by atoms with Gasteiger partial charge in [-0.05, 0) is 45.6 Å². The molecule has 3 atom stereocenters. The third kappa shape index (κ3) is 5.58. The van der Waals surface area contributed by atoms with Crippen molar-refractivity contribution in [2.45, 2.75) is 63.8 Å². The van der Waals surface area contributed by atoms with Gasteiger partial charge in [0.25, 0.3) is 0 Å². The highest BCUT2D eigenvalue weighted by Gasteiger charge is 2.43. The highest BCUT2D eigenvalue weighted by atomic mass is 19.2. The van der Waals surface area contributed by atoms with E-state index in [-0.39, 0.29) is 24.6 Å². The number of rotatable bonds is 4. The number of halogens is 1. The SMILES string of the molecule is COC(=O)N(F)[C@H]1C[C@@H](CO)N(C(=O)OC(C)(C)C)[C@@H](Cc2ccccc2)C1. The molecule has 0 spiro atoms. The zero-order chi connectivity index (χ0) is 20.9. The summed E-state index contributed by atoms with van der Waals surface area (Å²) in [6.45, 7) is 4.92. The van der Waals surface area contributed by atoms with Gasteiger partial charge in [-0.3, -0.25) is 4.90 Å². The molecule has 0 aliphatic carbocycles. The summed E-state index contributed by atoms with van der Waals surface area (Å²) < 4.78 is 24.4. The Bertz CT molecular complexity index is 664. The van der Waals surface area contributed by atoms with Crippen molar-refractivity contribution in [3.63, 3.8) is 0 Å². The van der Waals surface area contributed by atoms with Gasteiger partial charge in [0, 0.05) is 6.04 Å². The van der Waals surface area contributed by atoms with E-state index >= 15 is 0 Å². The monoisotopic (exact) mass is 396 g/mol. The van der Waals surface area contributed by atoms with E-state index in [2.05, 4.69) is 4.74 Å². The molecule has 2 rings (SSSR count). The predicted molar refractivity (Wildman–Crippen MR) is 101 cm³/mol. The summed E-state index contributed by atoms with van der Waals surface area (Å²) in [5.74, 6) is 0. The van der Waals surface area contributed by atoms with Crippen LogP contribution < -0.4 is 0 Å². The average Bonchev–Trinajstić information content (AvgIpc) is 2.65. The number of carbonyl (C=O) groups excluding carboxylic acids is 2. The molecule has 2 amide bonds. The Morgan fingerprint density at radius 1 is 1.21 bits per heavy atom. The molecule has 1 aromatic rings. The summed E-state index contributed by atoms with van der Waals surface area (Å²) in [5.41, 5.74) is 0.255. The topological polar surface area (TPSA) is 79.3 Å². The van der Waals surface area contributed by atoms with Gasteiger partial charge < -0.3 is 14.6 Å². The van der Waals surface area contributed by atoms with Crippen LogP contribution in [0.2, 0.25) is 0 Å². The molecular weight excluding hydrogens is 367 g/mol. The third-order valence-electron chi connectivity index (χ3n) is 4.67. The fourth-order valence-corrected chi connectivity index (χ4v) is 3.51. The van der Waals surface area contributed by atoms with E-state index in [1.807, 2.05) is 30.3 Å². The van der Waals surface area contributed by atoms with E-state index in [0.29, 0.717) is 6.42 Å². The van der Waals surface area contributed by atoms with Crippen LogP contribution in [0, 0.1) is 0 Å². The Balaban J connectivity index is 2.31. The van der Waals surface area contributed by atoms with Crippen LogP contribution in [-0.2, 0) is 15.9 Å². The number of piperidine rings is 1. The zero-order valence-corrected chi connectivity index (χ0v) is 16.8. The number of hydrogen-bond donors (Lipinski definition) is 1. The molecule has 1 fully saturated rings. The molecule has 8 heteroatoms. The van der Waals surface area contributed by atoms with Gasteiger partial charge in [0.05, 0.1) is 25.8 Å². The van der Waals surface area contributed by atoms with E-state index < -0.39 is 35.9 Å². The number of benzene rings is 1. The number of aliphatic hydroxyl groups excluding tert-OH is 1. The molecule has 0 saturated carbocycles. The third-order valence-corrected chi connectivity index (χ3v) is 4.67. The molecule has 0 bridgehead atoms. The molecule has 0 unspecified atom stereocenters. The number of likely N-dealkylation sites (tertiary alicyclic amines) is 1. The van der Waals surface area contributed by atoms with E-state index in [0.717, 1.165) is 12.7 Å². The molecular formula is C20H29FN2O5. The lowest BCUT2D eigenvalue weighted by molar-refractivity contribution is -0.0694. The Kier molecular flexibility index (Phi) is 7.23. The van der Waals surface area contributed by atoms with E-state index in [1.165, 1.54) is 4.90 Å². The number of hydrogen-bond acceptors (Lipinski definition) is 5. The van der Waals surface area contributed by atoms with Gasteiger partial charge in [-0.1, -0.05) is 34.8 Å². The van der Waals surface area contributed by atoms with Crippen LogP contribution in [0.4, 0.5) is 14.1 Å². The van der Waals surface area contributed by atoms with Gasteiger partial charge in [0.1, 0.15) is 5.60 Å². The Hall–Kier alpha value is -2.35. The van der Waals surface area contributed by atoms with Crippen LogP contribution >= 0.6 is 0 Å². The largest absolute Gasteiger partial charge is 0.451 e. The highest BCUT2D eigenvalue weighted by molar-refractivity contribution is 5.70. The van der Waals surface area contributed by atoms with Crippen molar-refractivity contribution in [3.05, 3.63) is 35.9 Å². The molecule has 7 nitrogen and oxygen atoms in total. The smallest absolute Gasteiger partial charge is 0.438 e. The standard InChI is InChI=1S/C20H29FN2O5/c1-20(2,3)28-18(25)22-15(10-14-8-6-5-7-9-14)11-16(12-17(22)13-24)23(21)19(26)27-4/h5-9,15-17,24H,10-13H2,1-4H3/t15-,16+,17-/m0/s1. The first-order valence-corrected chi connectivity index (χ1v) is 9.35. The zero-order valence-electron chi connectivity index (χ0n) is 16.8. The molecule has 1 aromatic carbocycles. The van der Waals surface area contributed by atoms with Crippen LogP contribution in [-0.4, -0.2) is 64.8 Å². The van der Waals surface area contributed by atoms with E-state index in [4.69, 9.17) is 4.74 Å². The number of carbonyl (C=O) groups is 2. The number of amides is 2.